The number of ether oxygens (including phenoxy) is 2. The third-order valence-corrected chi connectivity index (χ3v) is 11.0. The van der Waals surface area contributed by atoms with Crippen LogP contribution in [0.5, 0.6) is 17.2 Å². The summed E-state index contributed by atoms with van der Waals surface area (Å²) < 4.78 is 42.6. The molecular formula is C40H42F2N4O4. The van der Waals surface area contributed by atoms with E-state index in [2.05, 4.69) is 26.1 Å². The maximum absolute atomic E-state index is 16.1. The lowest BCUT2D eigenvalue weighted by molar-refractivity contribution is 0.0965. The smallest absolute Gasteiger partial charge is 0.252 e. The molecule has 0 aliphatic carbocycles. The standard InChI is InChI=1S/C40H42F2N4O4/c1-49-30-4-2-3-26(17-30)33-24-50-38-20-29(47)6-7-31(38)39(33)27-5-8-36(34(41)18-27)45-11-9-25(10-12-45)23-44-13-15-46(16-14-44)37-19-28-22-43-40(48)32(28)21-35(37)42/h2-8,17-21,25,33,39,47H,9-16,22-24H2,1H3,(H,43,48). The van der Waals surface area contributed by atoms with Gasteiger partial charge in [-0.3, -0.25) is 9.69 Å². The molecule has 4 aromatic carbocycles. The highest BCUT2D eigenvalue weighted by Gasteiger charge is 2.35. The number of amides is 1. The van der Waals surface area contributed by atoms with Gasteiger partial charge in [-0.25, -0.2) is 8.78 Å². The van der Waals surface area contributed by atoms with Crippen molar-refractivity contribution in [1.29, 1.82) is 0 Å². The molecule has 4 aliphatic heterocycles. The molecule has 4 aromatic rings. The molecule has 0 spiro atoms. The number of benzene rings is 4. The topological polar surface area (TPSA) is 77.5 Å². The summed E-state index contributed by atoms with van der Waals surface area (Å²) in [4.78, 5) is 18.6. The van der Waals surface area contributed by atoms with Crippen molar-refractivity contribution in [2.45, 2.75) is 31.2 Å². The molecule has 4 heterocycles. The first-order valence-corrected chi connectivity index (χ1v) is 17.6. The van der Waals surface area contributed by atoms with Crippen molar-refractivity contribution in [3.05, 3.63) is 112 Å². The molecule has 2 atom stereocenters. The Morgan fingerprint density at radius 3 is 2.42 bits per heavy atom. The lowest BCUT2D eigenvalue weighted by atomic mass is 9.75. The Kier molecular flexibility index (Phi) is 8.72. The van der Waals surface area contributed by atoms with Crippen LogP contribution >= 0.6 is 0 Å². The molecule has 2 unspecified atom stereocenters. The highest BCUT2D eigenvalue weighted by molar-refractivity contribution is 5.98. The molecule has 0 radical (unpaired) electrons. The Labute approximate surface area is 291 Å². The minimum absolute atomic E-state index is 0.0691. The van der Waals surface area contributed by atoms with E-state index in [1.54, 1.807) is 25.3 Å². The van der Waals surface area contributed by atoms with E-state index in [9.17, 15) is 14.3 Å². The number of piperazine rings is 1. The molecule has 1 amide bonds. The molecule has 50 heavy (non-hydrogen) atoms. The fourth-order valence-corrected chi connectivity index (χ4v) is 8.31. The largest absolute Gasteiger partial charge is 0.508 e. The zero-order valence-corrected chi connectivity index (χ0v) is 28.2. The summed E-state index contributed by atoms with van der Waals surface area (Å²) >= 11 is 0. The predicted octanol–water partition coefficient (Wildman–Crippen LogP) is 6.27. The molecule has 0 aromatic heterocycles. The number of rotatable bonds is 7. The number of fused-ring (bicyclic) bond motifs is 2. The van der Waals surface area contributed by atoms with E-state index in [4.69, 9.17) is 9.47 Å². The minimum atomic E-state index is -0.337. The van der Waals surface area contributed by atoms with E-state index < -0.39 is 0 Å². The number of methoxy groups -OCH3 is 1. The van der Waals surface area contributed by atoms with Gasteiger partial charge in [0, 0.05) is 81.4 Å². The molecule has 2 N–H and O–H groups in total. The molecule has 2 fully saturated rings. The Bertz CT molecular complexity index is 1900. The summed E-state index contributed by atoms with van der Waals surface area (Å²) in [5.41, 5.74) is 5.35. The lowest BCUT2D eigenvalue weighted by Gasteiger charge is -2.40. The Morgan fingerprint density at radius 1 is 0.860 bits per heavy atom. The fraction of sp³-hybridized carbons (Fsp3) is 0.375. The van der Waals surface area contributed by atoms with Crippen molar-refractivity contribution >= 4 is 17.3 Å². The van der Waals surface area contributed by atoms with E-state index in [-0.39, 0.29) is 35.1 Å². The number of piperidine rings is 1. The number of hydrogen-bond acceptors (Lipinski definition) is 7. The molecule has 0 saturated carbocycles. The minimum Gasteiger partial charge on any atom is -0.508 e. The molecular weight excluding hydrogens is 638 g/mol. The van der Waals surface area contributed by atoms with E-state index >= 15 is 4.39 Å². The van der Waals surface area contributed by atoms with Crippen molar-refractivity contribution in [3.8, 4) is 17.2 Å². The fourth-order valence-electron chi connectivity index (χ4n) is 8.31. The zero-order chi connectivity index (χ0) is 34.4. The SMILES string of the molecule is COc1cccc(C2COc3cc(O)ccc3C2c2ccc(N3CCC(CN4CCN(c5cc6c(cc5F)C(=O)NC6)CC4)CC3)c(F)c2)c1. The second-order valence-electron chi connectivity index (χ2n) is 14.0. The quantitative estimate of drug-likeness (QED) is 0.239. The number of phenols is 1. The van der Waals surface area contributed by atoms with Crippen LogP contribution in [0.2, 0.25) is 0 Å². The molecule has 2 saturated heterocycles. The number of anilines is 2. The zero-order valence-electron chi connectivity index (χ0n) is 28.2. The number of hydrogen-bond donors (Lipinski definition) is 2. The molecule has 8 rings (SSSR count). The first kappa shape index (κ1) is 32.4. The van der Waals surface area contributed by atoms with Crippen LogP contribution in [0.4, 0.5) is 20.2 Å². The molecule has 10 heteroatoms. The van der Waals surface area contributed by atoms with Gasteiger partial charge in [-0.15, -0.1) is 0 Å². The van der Waals surface area contributed by atoms with E-state index in [1.807, 2.05) is 42.5 Å². The number of aromatic hydroxyl groups is 1. The third kappa shape index (κ3) is 6.21. The summed E-state index contributed by atoms with van der Waals surface area (Å²) in [7, 11) is 1.65. The van der Waals surface area contributed by atoms with Crippen LogP contribution in [0.1, 0.15) is 57.3 Å². The van der Waals surface area contributed by atoms with Crippen LogP contribution < -0.4 is 24.6 Å². The van der Waals surface area contributed by atoms with Gasteiger partial charge in [0.1, 0.15) is 28.9 Å². The van der Waals surface area contributed by atoms with Gasteiger partial charge in [0.15, 0.2) is 0 Å². The number of carbonyl (C=O) groups is 1. The van der Waals surface area contributed by atoms with Crippen molar-refractivity contribution in [2.75, 3.05) is 69.3 Å². The highest BCUT2D eigenvalue weighted by Crippen LogP contribution is 2.48. The van der Waals surface area contributed by atoms with Crippen molar-refractivity contribution < 1.29 is 28.2 Å². The summed E-state index contributed by atoms with van der Waals surface area (Å²) in [5, 5.41) is 12.9. The van der Waals surface area contributed by atoms with Crippen LogP contribution in [0.25, 0.3) is 0 Å². The highest BCUT2D eigenvalue weighted by atomic mass is 19.1. The van der Waals surface area contributed by atoms with Gasteiger partial charge in [0.2, 0.25) is 0 Å². The normalized spacial score (nSPS) is 21.0. The second kappa shape index (κ2) is 13.5. The molecule has 260 valence electrons. The molecule has 0 bridgehead atoms. The monoisotopic (exact) mass is 680 g/mol. The van der Waals surface area contributed by atoms with Gasteiger partial charge in [0.25, 0.3) is 5.91 Å². The average molecular weight is 681 g/mol. The number of nitrogens with one attached hydrogen (secondary N) is 1. The first-order valence-electron chi connectivity index (χ1n) is 17.6. The van der Waals surface area contributed by atoms with Crippen LogP contribution in [0.3, 0.4) is 0 Å². The number of nitrogens with zero attached hydrogens (tertiary/aromatic N) is 3. The molecule has 8 nitrogen and oxygen atoms in total. The van der Waals surface area contributed by atoms with Gasteiger partial charge < -0.3 is 29.7 Å². The van der Waals surface area contributed by atoms with Crippen LogP contribution in [0, 0.1) is 17.6 Å². The number of carbonyl (C=O) groups excluding carboxylic acids is 1. The summed E-state index contributed by atoms with van der Waals surface area (Å²) in [6.07, 6.45) is 1.97. The van der Waals surface area contributed by atoms with Crippen LogP contribution in [-0.2, 0) is 6.54 Å². The average Bonchev–Trinajstić information content (AvgIpc) is 3.50. The van der Waals surface area contributed by atoms with Crippen molar-refractivity contribution in [3.63, 3.8) is 0 Å². The third-order valence-electron chi connectivity index (χ3n) is 11.0. The van der Waals surface area contributed by atoms with Crippen LogP contribution in [0.15, 0.2) is 72.8 Å². The summed E-state index contributed by atoms with van der Waals surface area (Å²) in [6.45, 7) is 6.61. The van der Waals surface area contributed by atoms with Gasteiger partial charge in [-0.2, -0.15) is 0 Å². The van der Waals surface area contributed by atoms with E-state index in [0.717, 1.165) is 86.7 Å². The van der Waals surface area contributed by atoms with Gasteiger partial charge >= 0.3 is 0 Å². The predicted molar refractivity (Wildman–Crippen MR) is 189 cm³/mol. The first-order chi connectivity index (χ1) is 24.3. The summed E-state index contributed by atoms with van der Waals surface area (Å²) in [6, 6.07) is 22.0. The Hall–Kier alpha value is -4.83. The van der Waals surface area contributed by atoms with Gasteiger partial charge in [0.05, 0.1) is 25.1 Å². The summed E-state index contributed by atoms with van der Waals surface area (Å²) in [5.74, 6) is 1.03. The Morgan fingerprint density at radius 2 is 1.64 bits per heavy atom. The lowest BCUT2D eigenvalue weighted by Crippen LogP contribution is -2.49. The van der Waals surface area contributed by atoms with Gasteiger partial charge in [-0.05, 0) is 77.9 Å². The number of halogens is 2. The van der Waals surface area contributed by atoms with Gasteiger partial charge in [-0.1, -0.05) is 24.3 Å². The van der Waals surface area contributed by atoms with Crippen molar-refractivity contribution in [1.82, 2.24) is 10.2 Å². The Balaban J connectivity index is 0.911. The van der Waals surface area contributed by atoms with Crippen LogP contribution in [-0.4, -0.2) is 75.4 Å². The van der Waals surface area contributed by atoms with Crippen molar-refractivity contribution in [2.24, 2.45) is 5.92 Å². The maximum Gasteiger partial charge on any atom is 0.252 e. The second-order valence-corrected chi connectivity index (χ2v) is 14.0. The maximum atomic E-state index is 16.1. The molecule has 4 aliphatic rings. The van der Waals surface area contributed by atoms with E-state index in [1.165, 1.54) is 6.07 Å². The van der Waals surface area contributed by atoms with E-state index in [0.29, 0.717) is 41.8 Å². The number of phenolic OH excluding ortho intramolecular Hbond substituents is 1.